The average molecular weight is 443 g/mol. The van der Waals surface area contributed by atoms with E-state index in [0.29, 0.717) is 23.3 Å². The van der Waals surface area contributed by atoms with Crippen LogP contribution in [0.15, 0.2) is 53.7 Å². The molecule has 8 heteroatoms. The Bertz CT molecular complexity index is 1040. The minimum absolute atomic E-state index is 0.0827. The van der Waals surface area contributed by atoms with E-state index in [0.717, 1.165) is 30.0 Å². The number of hydrogen-bond acceptors (Lipinski definition) is 5. The fraction of sp³-hybridized carbons (Fsp3) is 0.318. The molecule has 1 aliphatic rings. The number of nitrogens with zero attached hydrogens (tertiary/aromatic N) is 4. The van der Waals surface area contributed by atoms with Crippen LogP contribution in [-0.2, 0) is 22.5 Å². The first-order valence-electron chi connectivity index (χ1n) is 9.82. The van der Waals surface area contributed by atoms with E-state index in [4.69, 9.17) is 16.3 Å². The molecular formula is C22H23ClN4O2S. The van der Waals surface area contributed by atoms with Gasteiger partial charge in [0.1, 0.15) is 0 Å². The Morgan fingerprint density at radius 2 is 1.97 bits per heavy atom. The summed E-state index contributed by atoms with van der Waals surface area (Å²) < 4.78 is 7.27. The number of methoxy groups -OCH3 is 1. The summed E-state index contributed by atoms with van der Waals surface area (Å²) in [5, 5.41) is 9.84. The van der Waals surface area contributed by atoms with E-state index in [1.165, 1.54) is 17.3 Å². The van der Waals surface area contributed by atoms with Crippen molar-refractivity contribution in [1.29, 1.82) is 0 Å². The maximum atomic E-state index is 13.2. The normalized spacial score (nSPS) is 14.0. The smallest absolute Gasteiger partial charge is 0.240 e. The first-order chi connectivity index (χ1) is 14.6. The highest BCUT2D eigenvalue weighted by Gasteiger charge is 2.29. The zero-order valence-electron chi connectivity index (χ0n) is 16.9. The first kappa shape index (κ1) is 20.9. The van der Waals surface area contributed by atoms with Gasteiger partial charge in [-0.3, -0.25) is 9.36 Å². The van der Waals surface area contributed by atoms with Gasteiger partial charge in [0, 0.05) is 29.9 Å². The highest BCUT2D eigenvalue weighted by atomic mass is 35.5. The van der Waals surface area contributed by atoms with Crippen LogP contribution in [0.3, 0.4) is 0 Å². The SMILES string of the molecule is COCCn1c(S[C@H](C)C(=O)N2CCc3ccccc32)nnc1-c1ccc(Cl)cc1. The van der Waals surface area contributed by atoms with Crippen molar-refractivity contribution in [2.75, 3.05) is 25.2 Å². The van der Waals surface area contributed by atoms with Gasteiger partial charge in [0.05, 0.1) is 18.4 Å². The molecule has 0 radical (unpaired) electrons. The number of thioether (sulfide) groups is 1. The Morgan fingerprint density at radius 3 is 2.73 bits per heavy atom. The number of amides is 1. The van der Waals surface area contributed by atoms with Crippen molar-refractivity contribution in [3.8, 4) is 11.4 Å². The van der Waals surface area contributed by atoms with E-state index in [9.17, 15) is 4.79 Å². The van der Waals surface area contributed by atoms with Gasteiger partial charge in [0.25, 0.3) is 0 Å². The molecular weight excluding hydrogens is 420 g/mol. The number of halogens is 1. The van der Waals surface area contributed by atoms with Crippen LogP contribution < -0.4 is 4.90 Å². The van der Waals surface area contributed by atoms with E-state index >= 15 is 0 Å². The number of benzene rings is 2. The Labute approximate surface area is 185 Å². The maximum Gasteiger partial charge on any atom is 0.240 e. The molecule has 0 N–H and O–H groups in total. The molecule has 0 spiro atoms. The van der Waals surface area contributed by atoms with Gasteiger partial charge in [0.15, 0.2) is 11.0 Å². The summed E-state index contributed by atoms with van der Waals surface area (Å²) in [7, 11) is 1.66. The van der Waals surface area contributed by atoms with Gasteiger partial charge < -0.3 is 9.64 Å². The number of rotatable bonds is 7. The van der Waals surface area contributed by atoms with Gasteiger partial charge in [0.2, 0.25) is 5.91 Å². The third kappa shape index (κ3) is 4.24. The van der Waals surface area contributed by atoms with Crippen molar-refractivity contribution in [3.05, 3.63) is 59.1 Å². The molecule has 0 unspecified atom stereocenters. The summed E-state index contributed by atoms with van der Waals surface area (Å²) in [6, 6.07) is 15.6. The number of anilines is 1. The van der Waals surface area contributed by atoms with Gasteiger partial charge >= 0.3 is 0 Å². The van der Waals surface area contributed by atoms with Gasteiger partial charge in [-0.15, -0.1) is 10.2 Å². The average Bonchev–Trinajstić information content (AvgIpc) is 3.36. The van der Waals surface area contributed by atoms with Crippen molar-refractivity contribution in [1.82, 2.24) is 14.8 Å². The third-order valence-corrected chi connectivity index (χ3v) is 6.44. The van der Waals surface area contributed by atoms with Gasteiger partial charge in [-0.1, -0.05) is 41.6 Å². The third-order valence-electron chi connectivity index (χ3n) is 5.12. The summed E-state index contributed by atoms with van der Waals surface area (Å²) in [5.41, 5.74) is 3.15. The number of fused-ring (bicyclic) bond motifs is 1. The molecule has 1 aromatic heterocycles. The van der Waals surface area contributed by atoms with Crippen LogP contribution in [0.5, 0.6) is 0 Å². The summed E-state index contributed by atoms with van der Waals surface area (Å²) in [5.74, 6) is 0.816. The molecule has 156 valence electrons. The lowest BCUT2D eigenvalue weighted by molar-refractivity contribution is -0.117. The number of para-hydroxylation sites is 1. The Balaban J connectivity index is 1.56. The fourth-order valence-corrected chi connectivity index (χ4v) is 4.63. The van der Waals surface area contributed by atoms with Crippen molar-refractivity contribution >= 4 is 35.0 Å². The standard InChI is InChI=1S/C22H23ClN4O2S/c1-15(21(28)26-12-11-16-5-3-4-6-19(16)26)30-22-25-24-20(27(22)13-14-29-2)17-7-9-18(23)10-8-17/h3-10,15H,11-14H2,1-2H3/t15-/m1/s1. The number of carbonyl (C=O) groups excluding carboxylic acids is 1. The predicted octanol–water partition coefficient (Wildman–Crippen LogP) is 4.31. The maximum absolute atomic E-state index is 13.2. The van der Waals surface area contributed by atoms with E-state index in [1.807, 2.05) is 58.9 Å². The zero-order valence-corrected chi connectivity index (χ0v) is 18.5. The van der Waals surface area contributed by atoms with Gasteiger partial charge in [-0.25, -0.2) is 0 Å². The number of aromatic nitrogens is 3. The Hall–Kier alpha value is -2.35. The van der Waals surface area contributed by atoms with Crippen LogP contribution in [0.25, 0.3) is 11.4 Å². The van der Waals surface area contributed by atoms with Crippen molar-refractivity contribution in [3.63, 3.8) is 0 Å². The Morgan fingerprint density at radius 1 is 1.20 bits per heavy atom. The quantitative estimate of drug-likeness (QED) is 0.510. The summed E-state index contributed by atoms with van der Waals surface area (Å²) in [4.78, 5) is 15.0. The molecule has 30 heavy (non-hydrogen) atoms. The second kappa shape index (κ2) is 9.20. The van der Waals surface area contributed by atoms with Crippen molar-refractivity contribution < 1.29 is 9.53 Å². The zero-order chi connectivity index (χ0) is 21.1. The molecule has 2 heterocycles. The van der Waals surface area contributed by atoms with Crippen molar-refractivity contribution in [2.24, 2.45) is 0 Å². The number of hydrogen-bond donors (Lipinski definition) is 0. The summed E-state index contributed by atoms with van der Waals surface area (Å²) in [6.07, 6.45) is 0.893. The molecule has 1 aliphatic heterocycles. The molecule has 1 amide bonds. The van der Waals surface area contributed by atoms with Crippen LogP contribution >= 0.6 is 23.4 Å². The minimum Gasteiger partial charge on any atom is -0.383 e. The molecule has 1 atom stereocenters. The van der Waals surface area contributed by atoms with E-state index in [2.05, 4.69) is 16.3 Å². The number of carbonyl (C=O) groups is 1. The monoisotopic (exact) mass is 442 g/mol. The van der Waals surface area contributed by atoms with Crippen molar-refractivity contribution in [2.45, 2.75) is 30.3 Å². The lowest BCUT2D eigenvalue weighted by Gasteiger charge is -2.21. The van der Waals surface area contributed by atoms with Crippen LogP contribution in [0.2, 0.25) is 5.02 Å². The Kier molecular flexibility index (Phi) is 6.41. The van der Waals surface area contributed by atoms with E-state index in [-0.39, 0.29) is 11.2 Å². The molecule has 2 aromatic carbocycles. The molecule has 0 saturated carbocycles. The number of ether oxygens (including phenoxy) is 1. The molecule has 0 saturated heterocycles. The van der Waals surface area contributed by atoms with Crippen LogP contribution in [0, 0.1) is 0 Å². The predicted molar refractivity (Wildman–Crippen MR) is 120 cm³/mol. The minimum atomic E-state index is -0.292. The van der Waals surface area contributed by atoms with Crippen LogP contribution in [0.1, 0.15) is 12.5 Å². The van der Waals surface area contributed by atoms with Crippen LogP contribution in [-0.4, -0.2) is 46.2 Å². The highest BCUT2D eigenvalue weighted by Crippen LogP contribution is 2.32. The second-order valence-electron chi connectivity index (χ2n) is 7.09. The lowest BCUT2D eigenvalue weighted by Crippen LogP contribution is -2.35. The fourth-order valence-electron chi connectivity index (χ4n) is 3.57. The van der Waals surface area contributed by atoms with Gasteiger partial charge in [-0.2, -0.15) is 0 Å². The highest BCUT2D eigenvalue weighted by molar-refractivity contribution is 8.00. The molecule has 0 bridgehead atoms. The summed E-state index contributed by atoms with van der Waals surface area (Å²) >= 11 is 7.45. The van der Waals surface area contributed by atoms with Gasteiger partial charge in [-0.05, 0) is 49.2 Å². The molecule has 0 aliphatic carbocycles. The molecule has 6 nitrogen and oxygen atoms in total. The molecule has 4 rings (SSSR count). The van der Waals surface area contributed by atoms with Crippen LogP contribution in [0.4, 0.5) is 5.69 Å². The lowest BCUT2D eigenvalue weighted by atomic mass is 10.2. The van der Waals surface area contributed by atoms with E-state index in [1.54, 1.807) is 7.11 Å². The second-order valence-corrected chi connectivity index (χ2v) is 8.83. The molecule has 0 fully saturated rings. The molecule has 3 aromatic rings. The summed E-state index contributed by atoms with van der Waals surface area (Å²) in [6.45, 7) is 3.76. The first-order valence-corrected chi connectivity index (χ1v) is 11.1. The topological polar surface area (TPSA) is 60.2 Å². The van der Waals surface area contributed by atoms with E-state index < -0.39 is 0 Å². The largest absolute Gasteiger partial charge is 0.383 e.